The quantitative estimate of drug-likeness (QED) is 0.792. The second-order valence-corrected chi connectivity index (χ2v) is 2.67. The maximum atomic E-state index is 13.1. The van der Waals surface area contributed by atoms with Gasteiger partial charge < -0.3 is 10.4 Å². The SMILES string of the molecule is N#Cc1cc(F)c(NCC(=O)O)c(F)c1. The molecular weight excluding hydrogens is 206 g/mol. The number of carboxylic acids is 1. The summed E-state index contributed by atoms with van der Waals surface area (Å²) in [6.45, 7) is -0.597. The van der Waals surface area contributed by atoms with E-state index in [2.05, 4.69) is 5.32 Å². The number of carbonyl (C=O) groups is 1. The summed E-state index contributed by atoms with van der Waals surface area (Å²) in [7, 11) is 0. The Morgan fingerprint density at radius 1 is 1.47 bits per heavy atom. The van der Waals surface area contributed by atoms with Crippen molar-refractivity contribution >= 4 is 11.7 Å². The van der Waals surface area contributed by atoms with Crippen LogP contribution in [-0.2, 0) is 4.79 Å². The van der Waals surface area contributed by atoms with Crippen molar-refractivity contribution in [3.63, 3.8) is 0 Å². The minimum absolute atomic E-state index is 0.161. The summed E-state index contributed by atoms with van der Waals surface area (Å²) in [6, 6.07) is 3.23. The Hall–Kier alpha value is -2.16. The number of halogens is 2. The fourth-order valence-corrected chi connectivity index (χ4v) is 0.971. The van der Waals surface area contributed by atoms with Gasteiger partial charge in [-0.05, 0) is 12.1 Å². The highest BCUT2D eigenvalue weighted by atomic mass is 19.1. The predicted molar refractivity (Wildman–Crippen MR) is 47.2 cm³/mol. The number of nitrogens with zero attached hydrogens (tertiary/aromatic N) is 1. The summed E-state index contributed by atoms with van der Waals surface area (Å²) >= 11 is 0. The van der Waals surface area contributed by atoms with E-state index in [0.29, 0.717) is 0 Å². The van der Waals surface area contributed by atoms with E-state index < -0.39 is 29.8 Å². The van der Waals surface area contributed by atoms with Gasteiger partial charge in [-0.3, -0.25) is 4.79 Å². The van der Waals surface area contributed by atoms with Crippen LogP contribution >= 0.6 is 0 Å². The van der Waals surface area contributed by atoms with Gasteiger partial charge in [0.25, 0.3) is 0 Å². The number of hydrogen-bond donors (Lipinski definition) is 2. The van der Waals surface area contributed by atoms with Crippen LogP contribution in [0.3, 0.4) is 0 Å². The van der Waals surface area contributed by atoms with E-state index in [1.165, 1.54) is 0 Å². The molecule has 4 nitrogen and oxygen atoms in total. The molecule has 1 rings (SSSR count). The first-order valence-electron chi connectivity index (χ1n) is 3.89. The largest absolute Gasteiger partial charge is 0.480 e. The third kappa shape index (κ3) is 2.64. The van der Waals surface area contributed by atoms with Crippen LogP contribution in [0.1, 0.15) is 5.56 Å². The van der Waals surface area contributed by atoms with Crippen molar-refractivity contribution in [1.82, 2.24) is 0 Å². The zero-order valence-electron chi connectivity index (χ0n) is 7.42. The van der Waals surface area contributed by atoms with E-state index in [1.54, 1.807) is 6.07 Å². The van der Waals surface area contributed by atoms with Crippen molar-refractivity contribution in [2.75, 3.05) is 11.9 Å². The van der Waals surface area contributed by atoms with Crippen LogP contribution in [0, 0.1) is 23.0 Å². The molecule has 0 aromatic heterocycles. The second-order valence-electron chi connectivity index (χ2n) is 2.67. The number of benzene rings is 1. The van der Waals surface area contributed by atoms with Crippen LogP contribution < -0.4 is 5.32 Å². The Balaban J connectivity index is 2.99. The molecule has 1 aromatic carbocycles. The van der Waals surface area contributed by atoms with Gasteiger partial charge in [-0.15, -0.1) is 0 Å². The molecule has 0 amide bonds. The van der Waals surface area contributed by atoms with Gasteiger partial charge in [0.05, 0.1) is 11.6 Å². The molecule has 1 aromatic rings. The normalized spacial score (nSPS) is 9.40. The summed E-state index contributed by atoms with van der Waals surface area (Å²) in [5, 5.41) is 18.8. The average molecular weight is 212 g/mol. The van der Waals surface area contributed by atoms with Crippen LogP contribution in [-0.4, -0.2) is 17.6 Å². The molecule has 0 bridgehead atoms. The van der Waals surface area contributed by atoms with Crippen molar-refractivity contribution in [2.24, 2.45) is 0 Å². The smallest absolute Gasteiger partial charge is 0.322 e. The molecule has 0 aliphatic carbocycles. The monoisotopic (exact) mass is 212 g/mol. The number of nitrogens with one attached hydrogen (secondary N) is 1. The Morgan fingerprint density at radius 3 is 2.40 bits per heavy atom. The van der Waals surface area contributed by atoms with Crippen molar-refractivity contribution in [3.8, 4) is 6.07 Å². The van der Waals surface area contributed by atoms with Crippen LogP contribution in [0.15, 0.2) is 12.1 Å². The lowest BCUT2D eigenvalue weighted by Gasteiger charge is -2.06. The lowest BCUT2D eigenvalue weighted by Crippen LogP contribution is -2.14. The number of aliphatic carboxylic acids is 1. The van der Waals surface area contributed by atoms with Gasteiger partial charge in [-0.25, -0.2) is 8.78 Å². The molecular formula is C9H6F2N2O2. The minimum atomic E-state index is -1.24. The third-order valence-corrected chi connectivity index (χ3v) is 1.59. The Labute approximate surface area is 83.8 Å². The molecule has 15 heavy (non-hydrogen) atoms. The highest BCUT2D eigenvalue weighted by molar-refractivity contribution is 5.73. The summed E-state index contributed by atoms with van der Waals surface area (Å²) in [5.74, 6) is -3.22. The van der Waals surface area contributed by atoms with E-state index in [9.17, 15) is 13.6 Å². The molecule has 0 fully saturated rings. The van der Waals surface area contributed by atoms with Gasteiger partial charge in [-0.2, -0.15) is 5.26 Å². The number of nitriles is 1. The molecule has 0 heterocycles. The van der Waals surface area contributed by atoms with Crippen molar-refractivity contribution < 1.29 is 18.7 Å². The summed E-state index contributed by atoms with van der Waals surface area (Å²) in [6.07, 6.45) is 0. The van der Waals surface area contributed by atoms with Gasteiger partial charge >= 0.3 is 5.97 Å². The molecule has 78 valence electrons. The fourth-order valence-electron chi connectivity index (χ4n) is 0.971. The maximum absolute atomic E-state index is 13.1. The lowest BCUT2D eigenvalue weighted by molar-refractivity contribution is -0.134. The van der Waals surface area contributed by atoms with Crippen LogP contribution in [0.4, 0.5) is 14.5 Å². The topological polar surface area (TPSA) is 73.1 Å². The fraction of sp³-hybridized carbons (Fsp3) is 0.111. The predicted octanol–water partition coefficient (Wildman–Crippen LogP) is 1.33. The van der Waals surface area contributed by atoms with E-state index in [-0.39, 0.29) is 5.56 Å². The highest BCUT2D eigenvalue weighted by Gasteiger charge is 2.11. The summed E-state index contributed by atoms with van der Waals surface area (Å²) in [5.41, 5.74) is -0.706. The minimum Gasteiger partial charge on any atom is -0.480 e. The first-order chi connectivity index (χ1) is 7.04. The molecule has 0 unspecified atom stereocenters. The van der Waals surface area contributed by atoms with Crippen molar-refractivity contribution in [1.29, 1.82) is 5.26 Å². The second kappa shape index (κ2) is 4.37. The van der Waals surface area contributed by atoms with Gasteiger partial charge in [0, 0.05) is 0 Å². The molecule has 0 saturated carbocycles. The molecule has 0 spiro atoms. The molecule has 6 heteroatoms. The summed E-state index contributed by atoms with van der Waals surface area (Å²) < 4.78 is 26.2. The van der Waals surface area contributed by atoms with Crippen LogP contribution in [0.25, 0.3) is 0 Å². The zero-order chi connectivity index (χ0) is 11.4. The molecule has 0 aliphatic rings. The molecule has 0 radical (unpaired) electrons. The Kier molecular flexibility index (Phi) is 3.18. The van der Waals surface area contributed by atoms with E-state index in [0.717, 1.165) is 12.1 Å². The molecule has 0 aliphatic heterocycles. The Morgan fingerprint density at radius 2 is 2.00 bits per heavy atom. The molecule has 0 saturated heterocycles. The average Bonchev–Trinajstić information content (AvgIpc) is 2.15. The van der Waals surface area contributed by atoms with E-state index >= 15 is 0 Å². The maximum Gasteiger partial charge on any atom is 0.322 e. The van der Waals surface area contributed by atoms with Gasteiger partial charge in [0.2, 0.25) is 0 Å². The number of hydrogen-bond acceptors (Lipinski definition) is 3. The Bertz CT molecular complexity index is 417. The number of carboxylic acid groups (broad SMARTS) is 1. The lowest BCUT2D eigenvalue weighted by atomic mass is 10.2. The molecule has 2 N–H and O–H groups in total. The number of rotatable bonds is 3. The standard InChI is InChI=1S/C9H6F2N2O2/c10-6-1-5(3-12)2-7(11)9(6)13-4-8(14)15/h1-2,13H,4H2,(H,14,15). The van der Waals surface area contributed by atoms with E-state index in [1.807, 2.05) is 0 Å². The van der Waals surface area contributed by atoms with Gasteiger partial charge in [-0.1, -0.05) is 0 Å². The van der Waals surface area contributed by atoms with Crippen molar-refractivity contribution in [2.45, 2.75) is 0 Å². The third-order valence-electron chi connectivity index (χ3n) is 1.59. The first kappa shape index (κ1) is 10.9. The van der Waals surface area contributed by atoms with Crippen LogP contribution in [0.5, 0.6) is 0 Å². The first-order valence-corrected chi connectivity index (χ1v) is 3.89. The molecule has 0 atom stereocenters. The van der Waals surface area contributed by atoms with Crippen LogP contribution in [0.2, 0.25) is 0 Å². The van der Waals surface area contributed by atoms with Gasteiger partial charge in [0.15, 0.2) is 11.6 Å². The van der Waals surface area contributed by atoms with Crippen molar-refractivity contribution in [3.05, 3.63) is 29.3 Å². The zero-order valence-corrected chi connectivity index (χ0v) is 7.42. The summed E-state index contributed by atoms with van der Waals surface area (Å²) in [4.78, 5) is 10.2. The highest BCUT2D eigenvalue weighted by Crippen LogP contribution is 2.19. The number of anilines is 1. The van der Waals surface area contributed by atoms with Gasteiger partial charge in [0.1, 0.15) is 12.2 Å². The van der Waals surface area contributed by atoms with E-state index in [4.69, 9.17) is 10.4 Å².